The molecular weight excluding hydrogens is 431 g/mol. The van der Waals surface area contributed by atoms with Crippen LogP contribution in [0.2, 0.25) is 0 Å². The van der Waals surface area contributed by atoms with Crippen LogP contribution >= 0.6 is 11.8 Å². The average Bonchev–Trinajstić information content (AvgIpc) is 3.44. The number of aromatic nitrogens is 3. The minimum atomic E-state index is -0.793. The Bertz CT molecular complexity index is 1110. The van der Waals surface area contributed by atoms with Crippen LogP contribution in [-0.2, 0) is 4.79 Å². The molecule has 1 aliphatic heterocycles. The van der Waals surface area contributed by atoms with Gasteiger partial charge in [-0.15, -0.1) is 10.2 Å². The van der Waals surface area contributed by atoms with Crippen molar-refractivity contribution in [3.63, 3.8) is 0 Å². The van der Waals surface area contributed by atoms with Crippen LogP contribution in [0.25, 0.3) is 5.69 Å². The molecule has 0 unspecified atom stereocenters. The van der Waals surface area contributed by atoms with Gasteiger partial charge in [-0.2, -0.15) is 0 Å². The molecule has 0 atom stereocenters. The molecule has 2 heterocycles. The van der Waals surface area contributed by atoms with Gasteiger partial charge in [-0.05, 0) is 44.0 Å². The minimum absolute atomic E-state index is 0.000165. The molecule has 0 spiro atoms. The molecule has 10 heteroatoms. The van der Waals surface area contributed by atoms with Crippen LogP contribution in [0.15, 0.2) is 53.7 Å². The van der Waals surface area contributed by atoms with Gasteiger partial charge in [0, 0.05) is 13.1 Å². The zero-order valence-electron chi connectivity index (χ0n) is 17.5. The number of para-hydroxylation sites is 1. The second-order valence-electron chi connectivity index (χ2n) is 7.42. The SMILES string of the molecule is Cc1ccc(-n2c(SCC(=O)NC(=O)Nc3ccccc3F)nnc2N2CCCC2)cc1. The number of carbonyl (C=O) groups excluding carboxylic acids is 2. The quantitative estimate of drug-likeness (QED) is 0.551. The summed E-state index contributed by atoms with van der Waals surface area (Å²) in [6.07, 6.45) is 2.20. The Balaban J connectivity index is 1.44. The monoisotopic (exact) mass is 454 g/mol. The number of thioether (sulfide) groups is 1. The van der Waals surface area contributed by atoms with Crippen molar-refractivity contribution in [3.8, 4) is 5.69 Å². The third-order valence-corrected chi connectivity index (χ3v) is 5.93. The van der Waals surface area contributed by atoms with E-state index in [9.17, 15) is 14.0 Å². The Morgan fingerprint density at radius 3 is 2.50 bits per heavy atom. The summed E-state index contributed by atoms with van der Waals surface area (Å²) < 4.78 is 15.6. The number of nitrogens with one attached hydrogen (secondary N) is 2. The zero-order chi connectivity index (χ0) is 22.5. The van der Waals surface area contributed by atoms with Crippen LogP contribution in [-0.4, -0.2) is 45.5 Å². The van der Waals surface area contributed by atoms with Gasteiger partial charge >= 0.3 is 6.03 Å². The second kappa shape index (κ2) is 9.82. The normalized spacial score (nSPS) is 13.2. The van der Waals surface area contributed by atoms with E-state index in [1.807, 2.05) is 35.8 Å². The number of imide groups is 1. The van der Waals surface area contributed by atoms with Gasteiger partial charge in [-0.25, -0.2) is 9.18 Å². The molecule has 0 radical (unpaired) electrons. The van der Waals surface area contributed by atoms with Gasteiger partial charge in [0.05, 0.1) is 17.1 Å². The lowest BCUT2D eigenvalue weighted by atomic mass is 10.2. The predicted molar refractivity (Wildman–Crippen MR) is 122 cm³/mol. The number of nitrogens with zero attached hydrogens (tertiary/aromatic N) is 4. The van der Waals surface area contributed by atoms with E-state index in [0.717, 1.165) is 43.1 Å². The first kappa shape index (κ1) is 21.8. The number of anilines is 2. The topological polar surface area (TPSA) is 92.2 Å². The maximum atomic E-state index is 13.7. The molecule has 0 saturated carbocycles. The number of rotatable bonds is 6. The molecule has 3 aromatic rings. The van der Waals surface area contributed by atoms with Crippen molar-refractivity contribution >= 4 is 35.3 Å². The number of hydrogen-bond acceptors (Lipinski definition) is 6. The number of hydrogen-bond donors (Lipinski definition) is 2. The largest absolute Gasteiger partial charge is 0.341 e. The summed E-state index contributed by atoms with van der Waals surface area (Å²) in [4.78, 5) is 26.5. The summed E-state index contributed by atoms with van der Waals surface area (Å²) in [6.45, 7) is 3.83. The van der Waals surface area contributed by atoms with Gasteiger partial charge in [-0.3, -0.25) is 14.7 Å². The number of halogens is 1. The van der Waals surface area contributed by atoms with E-state index in [-0.39, 0.29) is 11.4 Å². The standard InChI is InChI=1S/C22H23FN6O2S/c1-15-8-10-16(11-9-15)29-21(28-12-4-5-13-28)26-27-22(29)32-14-19(30)25-20(31)24-18-7-3-2-6-17(18)23/h2-3,6-11H,4-5,12-14H2,1H3,(H2,24,25,30,31). The van der Waals surface area contributed by atoms with Crippen LogP contribution in [0.4, 0.5) is 20.8 Å². The molecule has 166 valence electrons. The minimum Gasteiger partial charge on any atom is -0.341 e. The van der Waals surface area contributed by atoms with E-state index in [4.69, 9.17) is 0 Å². The van der Waals surface area contributed by atoms with Crippen molar-refractivity contribution in [1.29, 1.82) is 0 Å². The summed E-state index contributed by atoms with van der Waals surface area (Å²) in [5.74, 6) is -0.406. The summed E-state index contributed by atoms with van der Waals surface area (Å²) in [6, 6.07) is 13.0. The molecule has 3 amide bonds. The molecule has 2 N–H and O–H groups in total. The van der Waals surface area contributed by atoms with Gasteiger partial charge < -0.3 is 10.2 Å². The highest BCUT2D eigenvalue weighted by Crippen LogP contribution is 2.28. The Kier molecular flexibility index (Phi) is 6.69. The van der Waals surface area contributed by atoms with Crippen LogP contribution in [0.5, 0.6) is 0 Å². The smallest absolute Gasteiger partial charge is 0.325 e. The third kappa shape index (κ3) is 5.08. The summed E-state index contributed by atoms with van der Waals surface area (Å²) in [5.41, 5.74) is 2.04. The Hall–Kier alpha value is -3.40. The molecule has 0 aliphatic carbocycles. The molecule has 1 saturated heterocycles. The molecule has 1 fully saturated rings. The van der Waals surface area contributed by atoms with Crippen molar-refractivity contribution < 1.29 is 14.0 Å². The fourth-order valence-corrected chi connectivity index (χ4v) is 4.15. The van der Waals surface area contributed by atoms with E-state index < -0.39 is 17.8 Å². The first-order valence-corrected chi connectivity index (χ1v) is 11.3. The van der Waals surface area contributed by atoms with Crippen LogP contribution < -0.4 is 15.5 Å². The van der Waals surface area contributed by atoms with E-state index in [0.29, 0.717) is 5.16 Å². The maximum absolute atomic E-state index is 13.7. The van der Waals surface area contributed by atoms with E-state index >= 15 is 0 Å². The van der Waals surface area contributed by atoms with Gasteiger partial charge in [0.25, 0.3) is 0 Å². The van der Waals surface area contributed by atoms with E-state index in [1.165, 1.54) is 30.0 Å². The van der Waals surface area contributed by atoms with Gasteiger partial charge in [-0.1, -0.05) is 41.6 Å². The highest BCUT2D eigenvalue weighted by Gasteiger charge is 2.23. The number of benzene rings is 2. The summed E-state index contributed by atoms with van der Waals surface area (Å²) >= 11 is 1.18. The van der Waals surface area contributed by atoms with Gasteiger partial charge in [0.1, 0.15) is 5.82 Å². The second-order valence-corrected chi connectivity index (χ2v) is 8.36. The van der Waals surface area contributed by atoms with Crippen molar-refractivity contribution in [2.75, 3.05) is 29.1 Å². The maximum Gasteiger partial charge on any atom is 0.325 e. The number of amides is 3. The van der Waals surface area contributed by atoms with Gasteiger partial charge in [0.15, 0.2) is 5.16 Å². The van der Waals surface area contributed by atoms with Crippen molar-refractivity contribution in [3.05, 3.63) is 59.9 Å². The van der Waals surface area contributed by atoms with Crippen molar-refractivity contribution in [1.82, 2.24) is 20.1 Å². The lowest BCUT2D eigenvalue weighted by molar-refractivity contribution is -0.117. The van der Waals surface area contributed by atoms with Crippen LogP contribution in [0.3, 0.4) is 0 Å². The molecule has 32 heavy (non-hydrogen) atoms. The van der Waals surface area contributed by atoms with Crippen molar-refractivity contribution in [2.45, 2.75) is 24.9 Å². The number of aryl methyl sites for hydroxylation is 1. The Morgan fingerprint density at radius 1 is 1.06 bits per heavy atom. The molecule has 1 aliphatic rings. The average molecular weight is 455 g/mol. The lowest BCUT2D eigenvalue weighted by Crippen LogP contribution is -2.35. The fraction of sp³-hybridized carbons (Fsp3) is 0.273. The highest BCUT2D eigenvalue weighted by molar-refractivity contribution is 7.99. The molecule has 4 rings (SSSR count). The summed E-state index contributed by atoms with van der Waals surface area (Å²) in [5, 5.41) is 13.8. The zero-order valence-corrected chi connectivity index (χ0v) is 18.4. The van der Waals surface area contributed by atoms with E-state index in [1.54, 1.807) is 6.07 Å². The van der Waals surface area contributed by atoms with Gasteiger partial charge in [0.2, 0.25) is 11.9 Å². The Labute approximate surface area is 189 Å². The van der Waals surface area contributed by atoms with Crippen molar-refractivity contribution in [2.24, 2.45) is 0 Å². The predicted octanol–water partition coefficient (Wildman–Crippen LogP) is 3.76. The molecule has 0 bridgehead atoms. The molecule has 8 nitrogen and oxygen atoms in total. The van der Waals surface area contributed by atoms with Crippen LogP contribution in [0, 0.1) is 12.7 Å². The first-order valence-electron chi connectivity index (χ1n) is 10.3. The lowest BCUT2D eigenvalue weighted by Gasteiger charge is -2.18. The van der Waals surface area contributed by atoms with E-state index in [2.05, 4.69) is 25.7 Å². The van der Waals surface area contributed by atoms with Crippen LogP contribution in [0.1, 0.15) is 18.4 Å². The first-order chi connectivity index (χ1) is 15.5. The molecule has 2 aromatic carbocycles. The number of urea groups is 1. The number of carbonyl (C=O) groups is 2. The molecule has 1 aromatic heterocycles. The molecular formula is C22H23FN6O2S. The summed E-state index contributed by atoms with van der Waals surface area (Å²) in [7, 11) is 0. The third-order valence-electron chi connectivity index (χ3n) is 5.00. The highest BCUT2D eigenvalue weighted by atomic mass is 32.2. The fourth-order valence-electron chi connectivity index (χ4n) is 3.41. The Morgan fingerprint density at radius 2 is 1.78 bits per heavy atom.